The first-order chi connectivity index (χ1) is 10.7. The van der Waals surface area contributed by atoms with Crippen LogP contribution < -0.4 is 10.6 Å². The smallest absolute Gasteiger partial charge is 0.191 e. The zero-order chi connectivity index (χ0) is 16.2. The summed E-state index contributed by atoms with van der Waals surface area (Å²) in [5.41, 5.74) is 0. The molecule has 126 valence electrons. The Labute approximate surface area is 138 Å². The maximum atomic E-state index is 5.57. The maximum Gasteiger partial charge on any atom is 0.191 e. The van der Waals surface area contributed by atoms with Crippen molar-refractivity contribution in [2.24, 2.45) is 10.9 Å². The number of hydrogen-bond donors (Lipinski definition) is 2. The van der Waals surface area contributed by atoms with Crippen molar-refractivity contribution >= 4 is 17.3 Å². The van der Waals surface area contributed by atoms with Gasteiger partial charge in [0.2, 0.25) is 0 Å². The molecule has 0 aliphatic carbocycles. The molecular formula is C16H30N4OS. The number of aryl methyl sites for hydroxylation is 1. The van der Waals surface area contributed by atoms with Gasteiger partial charge >= 0.3 is 0 Å². The molecule has 0 fully saturated rings. The lowest BCUT2D eigenvalue weighted by molar-refractivity contribution is 0.108. The molecule has 5 nitrogen and oxygen atoms in total. The van der Waals surface area contributed by atoms with Crippen LogP contribution in [0.1, 0.15) is 44.0 Å². The highest BCUT2D eigenvalue weighted by atomic mass is 32.1. The number of thiazole rings is 1. The molecule has 0 aliphatic rings. The second-order valence-corrected chi connectivity index (χ2v) is 6.72. The monoisotopic (exact) mass is 326 g/mol. The van der Waals surface area contributed by atoms with Gasteiger partial charge in [-0.05, 0) is 25.7 Å². The van der Waals surface area contributed by atoms with E-state index in [-0.39, 0.29) is 0 Å². The number of rotatable bonds is 10. The van der Waals surface area contributed by atoms with Crippen LogP contribution in [0.2, 0.25) is 0 Å². The summed E-state index contributed by atoms with van der Waals surface area (Å²) in [5, 5.41) is 7.66. The van der Waals surface area contributed by atoms with Crippen LogP contribution in [0.5, 0.6) is 0 Å². The van der Waals surface area contributed by atoms with Crippen LogP contribution in [0.15, 0.2) is 11.2 Å². The van der Waals surface area contributed by atoms with E-state index in [1.807, 2.05) is 6.20 Å². The normalized spacial score (nSPS) is 12.0. The molecule has 0 unspecified atom stereocenters. The van der Waals surface area contributed by atoms with Crippen LogP contribution in [-0.4, -0.2) is 37.2 Å². The van der Waals surface area contributed by atoms with Crippen molar-refractivity contribution < 1.29 is 4.74 Å². The standard InChI is InChI=1S/C16H30N4OS/c1-5-14-10-19-15(22-14)11-20-16(17-6-2)18-8-7-9-21-12-13(3)4/h10,13H,5-9,11-12H2,1-4H3,(H2,17,18,20). The van der Waals surface area contributed by atoms with Crippen LogP contribution in [0.3, 0.4) is 0 Å². The third kappa shape index (κ3) is 8.34. The van der Waals surface area contributed by atoms with Crippen molar-refractivity contribution in [2.45, 2.75) is 47.1 Å². The summed E-state index contributed by atoms with van der Waals surface area (Å²) >= 11 is 1.74. The van der Waals surface area contributed by atoms with Gasteiger partial charge in [0.05, 0.1) is 6.54 Å². The zero-order valence-corrected chi connectivity index (χ0v) is 15.1. The average Bonchev–Trinajstić information content (AvgIpc) is 2.96. The van der Waals surface area contributed by atoms with E-state index < -0.39 is 0 Å². The highest BCUT2D eigenvalue weighted by Gasteiger charge is 2.01. The lowest BCUT2D eigenvalue weighted by Crippen LogP contribution is -2.38. The van der Waals surface area contributed by atoms with E-state index in [9.17, 15) is 0 Å². The molecule has 22 heavy (non-hydrogen) atoms. The minimum Gasteiger partial charge on any atom is -0.381 e. The summed E-state index contributed by atoms with van der Waals surface area (Å²) in [7, 11) is 0. The van der Waals surface area contributed by atoms with Gasteiger partial charge in [-0.15, -0.1) is 11.3 Å². The Hall–Kier alpha value is -1.14. The highest BCUT2D eigenvalue weighted by molar-refractivity contribution is 7.11. The van der Waals surface area contributed by atoms with Crippen molar-refractivity contribution in [1.82, 2.24) is 15.6 Å². The topological polar surface area (TPSA) is 58.5 Å². The van der Waals surface area contributed by atoms with Gasteiger partial charge in [0.1, 0.15) is 5.01 Å². The van der Waals surface area contributed by atoms with Gasteiger partial charge in [0.25, 0.3) is 0 Å². The molecule has 1 aromatic rings. The first-order valence-corrected chi connectivity index (χ1v) is 9.00. The van der Waals surface area contributed by atoms with Gasteiger partial charge in [0.15, 0.2) is 5.96 Å². The molecule has 0 aliphatic heterocycles. The molecule has 1 aromatic heterocycles. The van der Waals surface area contributed by atoms with Crippen LogP contribution in [0.25, 0.3) is 0 Å². The lowest BCUT2D eigenvalue weighted by atomic mass is 10.2. The van der Waals surface area contributed by atoms with E-state index in [4.69, 9.17) is 4.74 Å². The summed E-state index contributed by atoms with van der Waals surface area (Å²) < 4.78 is 5.57. The molecule has 1 heterocycles. The Morgan fingerprint density at radius 1 is 1.36 bits per heavy atom. The first-order valence-electron chi connectivity index (χ1n) is 8.19. The van der Waals surface area contributed by atoms with Gasteiger partial charge in [0, 0.05) is 37.4 Å². The Morgan fingerprint density at radius 3 is 2.82 bits per heavy atom. The van der Waals surface area contributed by atoms with E-state index >= 15 is 0 Å². The van der Waals surface area contributed by atoms with Gasteiger partial charge < -0.3 is 15.4 Å². The second-order valence-electron chi connectivity index (χ2n) is 5.52. The number of nitrogens with one attached hydrogen (secondary N) is 2. The molecule has 6 heteroatoms. The van der Waals surface area contributed by atoms with Gasteiger partial charge in [-0.25, -0.2) is 9.98 Å². The number of aliphatic imine (C=N–C) groups is 1. The van der Waals surface area contributed by atoms with Crippen molar-refractivity contribution in [3.8, 4) is 0 Å². The first kappa shape index (κ1) is 18.9. The van der Waals surface area contributed by atoms with Crippen LogP contribution in [-0.2, 0) is 17.7 Å². The lowest BCUT2D eigenvalue weighted by Gasteiger charge is -2.11. The number of nitrogens with zero attached hydrogens (tertiary/aromatic N) is 2. The summed E-state index contributed by atoms with van der Waals surface area (Å²) in [4.78, 5) is 10.3. The predicted molar refractivity (Wildman–Crippen MR) is 94.6 cm³/mol. The van der Waals surface area contributed by atoms with Gasteiger partial charge in [-0.1, -0.05) is 20.8 Å². The minimum absolute atomic E-state index is 0.596. The fourth-order valence-corrected chi connectivity index (χ4v) is 2.56. The van der Waals surface area contributed by atoms with Crippen molar-refractivity contribution in [3.63, 3.8) is 0 Å². The molecule has 0 saturated carbocycles. The average molecular weight is 327 g/mol. The molecule has 0 aromatic carbocycles. The van der Waals surface area contributed by atoms with Crippen molar-refractivity contribution in [2.75, 3.05) is 26.3 Å². The van der Waals surface area contributed by atoms with Crippen molar-refractivity contribution in [1.29, 1.82) is 0 Å². The second kappa shape index (κ2) is 11.4. The van der Waals surface area contributed by atoms with Gasteiger partial charge in [-0.3, -0.25) is 0 Å². The van der Waals surface area contributed by atoms with E-state index in [0.717, 1.165) is 50.1 Å². The number of aromatic nitrogens is 1. The molecular weight excluding hydrogens is 296 g/mol. The Balaban J connectivity index is 2.29. The van der Waals surface area contributed by atoms with Crippen LogP contribution >= 0.6 is 11.3 Å². The molecule has 0 amide bonds. The molecule has 0 spiro atoms. The molecule has 1 rings (SSSR count). The largest absolute Gasteiger partial charge is 0.381 e. The van der Waals surface area contributed by atoms with Crippen molar-refractivity contribution in [3.05, 3.63) is 16.1 Å². The quantitative estimate of drug-likeness (QED) is 0.394. The Kier molecular flexibility index (Phi) is 9.82. The predicted octanol–water partition coefficient (Wildman–Crippen LogP) is 2.82. The Morgan fingerprint density at radius 2 is 2.18 bits per heavy atom. The van der Waals surface area contributed by atoms with Gasteiger partial charge in [-0.2, -0.15) is 0 Å². The molecule has 0 atom stereocenters. The van der Waals surface area contributed by atoms with Crippen LogP contribution in [0.4, 0.5) is 0 Å². The van der Waals surface area contributed by atoms with E-state index in [2.05, 4.69) is 48.3 Å². The fraction of sp³-hybridized carbons (Fsp3) is 0.750. The van der Waals surface area contributed by atoms with E-state index in [1.54, 1.807) is 11.3 Å². The summed E-state index contributed by atoms with van der Waals surface area (Å²) in [6.45, 7) is 12.5. The Bertz CT molecular complexity index is 432. The highest BCUT2D eigenvalue weighted by Crippen LogP contribution is 2.13. The molecule has 0 radical (unpaired) electrons. The summed E-state index contributed by atoms with van der Waals surface area (Å²) in [5.74, 6) is 1.44. The van der Waals surface area contributed by atoms with Crippen LogP contribution in [0, 0.1) is 5.92 Å². The number of ether oxygens (including phenoxy) is 1. The SMILES string of the molecule is CCNC(=NCc1ncc(CC)s1)NCCCOCC(C)C. The summed E-state index contributed by atoms with van der Waals surface area (Å²) in [6, 6.07) is 0. The molecule has 0 saturated heterocycles. The third-order valence-electron chi connectivity index (χ3n) is 2.88. The molecule has 0 bridgehead atoms. The maximum absolute atomic E-state index is 5.57. The zero-order valence-electron chi connectivity index (χ0n) is 14.3. The van der Waals surface area contributed by atoms with E-state index in [1.165, 1.54) is 4.88 Å². The number of guanidine groups is 1. The van der Waals surface area contributed by atoms with E-state index in [0.29, 0.717) is 12.5 Å². The molecule has 2 N–H and O–H groups in total. The fourth-order valence-electron chi connectivity index (χ4n) is 1.77. The third-order valence-corrected chi connectivity index (χ3v) is 4.00. The summed E-state index contributed by atoms with van der Waals surface area (Å²) in [6.07, 6.45) is 3.96. The minimum atomic E-state index is 0.596. The number of hydrogen-bond acceptors (Lipinski definition) is 4.